The number of nitrogens with two attached hydrogens (primary N) is 1. The van der Waals surface area contributed by atoms with Crippen molar-refractivity contribution in [2.24, 2.45) is 5.73 Å². The first-order valence-corrected chi connectivity index (χ1v) is 5.26. The van der Waals surface area contributed by atoms with Crippen LogP contribution in [0.3, 0.4) is 0 Å². The van der Waals surface area contributed by atoms with Gasteiger partial charge in [-0.3, -0.25) is 10.1 Å². The van der Waals surface area contributed by atoms with Crippen LogP contribution in [-0.4, -0.2) is 17.1 Å². The first-order chi connectivity index (χ1) is 7.41. The van der Waals surface area contributed by atoms with Gasteiger partial charge in [0.2, 0.25) is 5.91 Å². The van der Waals surface area contributed by atoms with E-state index in [1.54, 1.807) is 13.0 Å². The van der Waals surface area contributed by atoms with E-state index in [0.717, 1.165) is 11.1 Å². The molecule has 4 nitrogen and oxygen atoms in total. The normalized spacial score (nSPS) is 14.4. The van der Waals surface area contributed by atoms with Crippen LogP contribution in [0.15, 0.2) is 18.2 Å². The van der Waals surface area contributed by atoms with Gasteiger partial charge in [-0.15, -0.1) is 0 Å². The zero-order valence-corrected chi connectivity index (χ0v) is 9.82. The van der Waals surface area contributed by atoms with Gasteiger partial charge in [-0.1, -0.05) is 12.1 Å². The number of phenols is 1. The zero-order valence-electron chi connectivity index (χ0n) is 9.82. The molecule has 1 aromatic carbocycles. The lowest BCUT2D eigenvalue weighted by atomic mass is 10.0. The average molecular weight is 222 g/mol. The molecule has 0 aliphatic rings. The lowest BCUT2D eigenvalue weighted by molar-refractivity contribution is -0.119. The Balaban J connectivity index is 2.80. The van der Waals surface area contributed by atoms with Crippen LogP contribution in [0.5, 0.6) is 5.75 Å². The predicted octanol–water partition coefficient (Wildman–Crippen LogP) is 1.23. The maximum absolute atomic E-state index is 10.9. The average Bonchev–Trinajstić information content (AvgIpc) is 2.16. The summed E-state index contributed by atoms with van der Waals surface area (Å²) in [7, 11) is 0. The number of rotatable bonds is 4. The van der Waals surface area contributed by atoms with Crippen LogP contribution in [0.2, 0.25) is 0 Å². The number of benzene rings is 1. The molecular formula is C12H18N2O2. The topological polar surface area (TPSA) is 75.3 Å². The smallest absolute Gasteiger partial charge is 0.234 e. The molecule has 4 N–H and O–H groups in total. The molecule has 0 spiro atoms. The van der Waals surface area contributed by atoms with Gasteiger partial charge < -0.3 is 10.8 Å². The molecule has 88 valence electrons. The summed E-state index contributed by atoms with van der Waals surface area (Å²) in [6, 6.07) is 4.92. The number of primary amides is 1. The van der Waals surface area contributed by atoms with E-state index < -0.39 is 11.9 Å². The molecule has 2 unspecified atom stereocenters. The Kier molecular flexibility index (Phi) is 3.90. The predicted molar refractivity (Wildman–Crippen MR) is 63.1 cm³/mol. The second-order valence-electron chi connectivity index (χ2n) is 4.07. The zero-order chi connectivity index (χ0) is 12.3. The van der Waals surface area contributed by atoms with Gasteiger partial charge in [-0.2, -0.15) is 0 Å². The molecule has 0 radical (unpaired) electrons. The second kappa shape index (κ2) is 4.99. The fourth-order valence-corrected chi connectivity index (χ4v) is 1.57. The Morgan fingerprint density at radius 2 is 2.06 bits per heavy atom. The number of carbonyl (C=O) groups is 1. The Morgan fingerprint density at radius 1 is 1.44 bits per heavy atom. The van der Waals surface area contributed by atoms with Gasteiger partial charge in [0.05, 0.1) is 6.04 Å². The molecule has 4 heteroatoms. The highest BCUT2D eigenvalue weighted by molar-refractivity contribution is 5.79. The SMILES string of the molecule is Cc1ccc(C(C)NC(C)C(N)=O)c(O)c1. The summed E-state index contributed by atoms with van der Waals surface area (Å²) in [5, 5.41) is 12.8. The molecule has 0 heterocycles. The van der Waals surface area contributed by atoms with E-state index in [0.29, 0.717) is 0 Å². The van der Waals surface area contributed by atoms with Crippen molar-refractivity contribution in [3.05, 3.63) is 29.3 Å². The van der Waals surface area contributed by atoms with Gasteiger partial charge in [0, 0.05) is 11.6 Å². The van der Waals surface area contributed by atoms with E-state index >= 15 is 0 Å². The molecule has 1 aromatic rings. The maximum Gasteiger partial charge on any atom is 0.234 e. The third-order valence-electron chi connectivity index (χ3n) is 2.58. The van der Waals surface area contributed by atoms with Crippen molar-refractivity contribution >= 4 is 5.91 Å². The highest BCUT2D eigenvalue weighted by atomic mass is 16.3. The highest BCUT2D eigenvalue weighted by Crippen LogP contribution is 2.25. The number of aryl methyl sites for hydroxylation is 1. The lowest BCUT2D eigenvalue weighted by Crippen LogP contribution is -2.40. The van der Waals surface area contributed by atoms with Crippen molar-refractivity contribution < 1.29 is 9.90 Å². The van der Waals surface area contributed by atoms with Crippen molar-refractivity contribution in [1.29, 1.82) is 0 Å². The third-order valence-corrected chi connectivity index (χ3v) is 2.58. The van der Waals surface area contributed by atoms with Gasteiger partial charge in [-0.25, -0.2) is 0 Å². The van der Waals surface area contributed by atoms with E-state index in [-0.39, 0.29) is 11.8 Å². The molecule has 0 bridgehead atoms. The molecule has 0 aliphatic carbocycles. The van der Waals surface area contributed by atoms with Crippen LogP contribution >= 0.6 is 0 Å². The minimum absolute atomic E-state index is 0.122. The van der Waals surface area contributed by atoms with E-state index in [4.69, 9.17) is 5.73 Å². The molecule has 0 aliphatic heterocycles. The quantitative estimate of drug-likeness (QED) is 0.717. The lowest BCUT2D eigenvalue weighted by Gasteiger charge is -2.19. The highest BCUT2D eigenvalue weighted by Gasteiger charge is 2.15. The summed E-state index contributed by atoms with van der Waals surface area (Å²) in [6.07, 6.45) is 0. The van der Waals surface area contributed by atoms with E-state index in [2.05, 4.69) is 5.32 Å². The fraction of sp³-hybridized carbons (Fsp3) is 0.417. The van der Waals surface area contributed by atoms with Crippen LogP contribution in [0.4, 0.5) is 0 Å². The van der Waals surface area contributed by atoms with Crippen molar-refractivity contribution in [1.82, 2.24) is 5.32 Å². The molecule has 2 atom stereocenters. The number of amides is 1. The summed E-state index contributed by atoms with van der Waals surface area (Å²) in [5.41, 5.74) is 6.92. The van der Waals surface area contributed by atoms with Crippen LogP contribution in [-0.2, 0) is 4.79 Å². The number of carbonyl (C=O) groups excluding carboxylic acids is 1. The summed E-state index contributed by atoms with van der Waals surface area (Å²) in [6.45, 7) is 5.49. The monoisotopic (exact) mass is 222 g/mol. The Labute approximate surface area is 95.5 Å². The molecule has 0 fully saturated rings. The first-order valence-electron chi connectivity index (χ1n) is 5.26. The minimum Gasteiger partial charge on any atom is -0.508 e. The van der Waals surface area contributed by atoms with Crippen LogP contribution in [0, 0.1) is 6.92 Å². The van der Waals surface area contributed by atoms with E-state index in [9.17, 15) is 9.90 Å². The Bertz CT molecular complexity index is 391. The van der Waals surface area contributed by atoms with Crippen molar-refractivity contribution in [3.8, 4) is 5.75 Å². The molecular weight excluding hydrogens is 204 g/mol. The molecule has 16 heavy (non-hydrogen) atoms. The number of hydrogen-bond acceptors (Lipinski definition) is 3. The van der Waals surface area contributed by atoms with Crippen LogP contribution in [0.25, 0.3) is 0 Å². The summed E-state index contributed by atoms with van der Waals surface area (Å²) >= 11 is 0. The number of nitrogens with one attached hydrogen (secondary N) is 1. The number of aromatic hydroxyl groups is 1. The summed E-state index contributed by atoms with van der Waals surface area (Å²) in [4.78, 5) is 10.9. The van der Waals surface area contributed by atoms with E-state index in [1.807, 2.05) is 26.0 Å². The van der Waals surface area contributed by atoms with Gasteiger partial charge in [-0.05, 0) is 32.4 Å². The van der Waals surface area contributed by atoms with Gasteiger partial charge in [0.15, 0.2) is 0 Å². The fourth-order valence-electron chi connectivity index (χ4n) is 1.57. The molecule has 0 saturated heterocycles. The number of phenolic OH excluding ortho intramolecular Hbond substituents is 1. The van der Waals surface area contributed by atoms with Crippen molar-refractivity contribution in [2.75, 3.05) is 0 Å². The summed E-state index contributed by atoms with van der Waals surface area (Å²) in [5.74, 6) is -0.171. The summed E-state index contributed by atoms with van der Waals surface area (Å²) < 4.78 is 0. The maximum atomic E-state index is 10.9. The van der Waals surface area contributed by atoms with E-state index in [1.165, 1.54) is 0 Å². The standard InChI is InChI=1S/C12H18N2O2/c1-7-4-5-10(11(15)6-7)8(2)14-9(3)12(13)16/h4-6,8-9,14-15H,1-3H3,(H2,13,16). The molecule has 0 saturated carbocycles. The first kappa shape index (κ1) is 12.5. The largest absolute Gasteiger partial charge is 0.508 e. The molecule has 0 aromatic heterocycles. The van der Waals surface area contributed by atoms with Gasteiger partial charge in [0.1, 0.15) is 5.75 Å². The van der Waals surface area contributed by atoms with Crippen molar-refractivity contribution in [2.45, 2.75) is 32.9 Å². The van der Waals surface area contributed by atoms with Crippen LogP contribution in [0.1, 0.15) is 31.0 Å². The van der Waals surface area contributed by atoms with Gasteiger partial charge in [0.25, 0.3) is 0 Å². The second-order valence-corrected chi connectivity index (χ2v) is 4.07. The van der Waals surface area contributed by atoms with Crippen LogP contribution < -0.4 is 11.1 Å². The van der Waals surface area contributed by atoms with Gasteiger partial charge >= 0.3 is 0 Å². The third kappa shape index (κ3) is 2.97. The molecule has 1 amide bonds. The molecule has 1 rings (SSSR count). The minimum atomic E-state index is -0.421. The Hall–Kier alpha value is -1.55. The number of hydrogen-bond donors (Lipinski definition) is 3. The Morgan fingerprint density at radius 3 is 2.56 bits per heavy atom. The van der Waals surface area contributed by atoms with Crippen molar-refractivity contribution in [3.63, 3.8) is 0 Å².